The van der Waals surface area contributed by atoms with E-state index in [2.05, 4.69) is 5.10 Å². The Morgan fingerprint density at radius 1 is 1.55 bits per heavy atom. The summed E-state index contributed by atoms with van der Waals surface area (Å²) in [5, 5.41) is 4.10. The first-order valence-electron chi connectivity index (χ1n) is 3.24. The van der Waals surface area contributed by atoms with Gasteiger partial charge in [0.05, 0.1) is 6.21 Å². The Hall–Kier alpha value is -1.02. The summed E-state index contributed by atoms with van der Waals surface area (Å²) in [4.78, 5) is 0. The third-order valence-corrected chi connectivity index (χ3v) is 1.80. The molecule has 0 amide bonds. The van der Waals surface area contributed by atoms with Crippen LogP contribution in [0, 0.1) is 6.92 Å². The average molecular weight is 169 g/mol. The van der Waals surface area contributed by atoms with Gasteiger partial charge in [-0.1, -0.05) is 23.7 Å². The molecule has 0 aliphatic heterocycles. The van der Waals surface area contributed by atoms with Crippen molar-refractivity contribution in [3.05, 3.63) is 34.3 Å². The molecule has 0 bridgehead atoms. The standard InChI is InChI=1S/C8H9ClN2/c1-6-3-2-4-8(9)7(6)5-11-10/h2-5H,10H2,1H3/b11-5+. The van der Waals surface area contributed by atoms with Gasteiger partial charge in [0.15, 0.2) is 0 Å². The summed E-state index contributed by atoms with van der Waals surface area (Å²) >= 11 is 5.86. The summed E-state index contributed by atoms with van der Waals surface area (Å²) in [5.74, 6) is 5.01. The van der Waals surface area contributed by atoms with Crippen LogP contribution in [0.3, 0.4) is 0 Å². The second kappa shape index (κ2) is 3.39. The predicted octanol–water partition coefficient (Wildman–Crippen LogP) is 1.94. The van der Waals surface area contributed by atoms with Crippen molar-refractivity contribution in [3.63, 3.8) is 0 Å². The van der Waals surface area contributed by atoms with Crippen LogP contribution in [0.5, 0.6) is 0 Å². The highest BCUT2D eigenvalue weighted by Crippen LogP contribution is 2.16. The Bertz CT molecular complexity index is 261. The zero-order chi connectivity index (χ0) is 8.27. The van der Waals surface area contributed by atoms with E-state index in [0.29, 0.717) is 5.02 Å². The van der Waals surface area contributed by atoms with Gasteiger partial charge >= 0.3 is 0 Å². The van der Waals surface area contributed by atoms with E-state index < -0.39 is 0 Å². The molecule has 1 rings (SSSR count). The van der Waals surface area contributed by atoms with E-state index in [-0.39, 0.29) is 0 Å². The van der Waals surface area contributed by atoms with Gasteiger partial charge in [0.25, 0.3) is 0 Å². The van der Waals surface area contributed by atoms with Gasteiger partial charge in [0, 0.05) is 10.6 Å². The van der Waals surface area contributed by atoms with Crippen molar-refractivity contribution in [3.8, 4) is 0 Å². The molecule has 0 saturated carbocycles. The lowest BCUT2D eigenvalue weighted by molar-refractivity contribution is 1.26. The third kappa shape index (κ3) is 1.71. The largest absolute Gasteiger partial charge is 0.323 e. The highest BCUT2D eigenvalue weighted by atomic mass is 35.5. The van der Waals surface area contributed by atoms with E-state index in [4.69, 9.17) is 17.4 Å². The number of aryl methyl sites for hydroxylation is 1. The Morgan fingerprint density at radius 3 is 2.82 bits per heavy atom. The highest BCUT2D eigenvalue weighted by Gasteiger charge is 1.98. The van der Waals surface area contributed by atoms with Crippen molar-refractivity contribution >= 4 is 17.8 Å². The summed E-state index contributed by atoms with van der Waals surface area (Å²) in [6.07, 6.45) is 1.55. The lowest BCUT2D eigenvalue weighted by Crippen LogP contribution is -1.90. The highest BCUT2D eigenvalue weighted by molar-refractivity contribution is 6.33. The lowest BCUT2D eigenvalue weighted by Gasteiger charge is -1.99. The van der Waals surface area contributed by atoms with Crippen LogP contribution in [0.2, 0.25) is 5.02 Å². The zero-order valence-electron chi connectivity index (χ0n) is 6.21. The van der Waals surface area contributed by atoms with Crippen molar-refractivity contribution in [2.24, 2.45) is 10.9 Å². The third-order valence-electron chi connectivity index (χ3n) is 1.47. The summed E-state index contributed by atoms with van der Waals surface area (Å²) in [5.41, 5.74) is 1.96. The molecule has 0 aliphatic carbocycles. The molecule has 0 atom stereocenters. The molecule has 0 heterocycles. The van der Waals surface area contributed by atoms with E-state index in [9.17, 15) is 0 Å². The first kappa shape index (κ1) is 8.08. The molecule has 0 aromatic heterocycles. The molecule has 2 N–H and O–H groups in total. The number of hydrazone groups is 1. The van der Waals surface area contributed by atoms with Crippen LogP contribution < -0.4 is 5.84 Å². The minimum absolute atomic E-state index is 0.680. The van der Waals surface area contributed by atoms with Gasteiger partial charge < -0.3 is 5.84 Å². The Kier molecular flexibility index (Phi) is 2.49. The average Bonchev–Trinajstić information content (AvgIpc) is 1.97. The van der Waals surface area contributed by atoms with Crippen LogP contribution in [0.15, 0.2) is 23.3 Å². The van der Waals surface area contributed by atoms with Gasteiger partial charge in [-0.25, -0.2) is 0 Å². The fourth-order valence-electron chi connectivity index (χ4n) is 0.883. The van der Waals surface area contributed by atoms with Crippen molar-refractivity contribution < 1.29 is 0 Å². The molecule has 0 radical (unpaired) electrons. The number of hydrogen-bond donors (Lipinski definition) is 1. The monoisotopic (exact) mass is 168 g/mol. The van der Waals surface area contributed by atoms with Gasteiger partial charge in [-0.05, 0) is 18.6 Å². The van der Waals surface area contributed by atoms with Crippen LogP contribution >= 0.6 is 11.6 Å². The predicted molar refractivity (Wildman–Crippen MR) is 48.0 cm³/mol. The molecule has 0 fully saturated rings. The van der Waals surface area contributed by atoms with Gasteiger partial charge in [0.1, 0.15) is 0 Å². The molecule has 0 aliphatic rings. The van der Waals surface area contributed by atoms with Crippen LogP contribution in [-0.4, -0.2) is 6.21 Å². The summed E-state index contributed by atoms with van der Waals surface area (Å²) < 4.78 is 0. The summed E-state index contributed by atoms with van der Waals surface area (Å²) in [6, 6.07) is 5.67. The van der Waals surface area contributed by atoms with Crippen LogP contribution in [-0.2, 0) is 0 Å². The molecule has 0 unspecified atom stereocenters. The van der Waals surface area contributed by atoms with Crippen LogP contribution in [0.4, 0.5) is 0 Å². The number of benzene rings is 1. The van der Waals surface area contributed by atoms with Gasteiger partial charge in [0.2, 0.25) is 0 Å². The number of nitrogens with zero attached hydrogens (tertiary/aromatic N) is 1. The Labute approximate surface area is 70.7 Å². The minimum atomic E-state index is 0.680. The molecule has 3 heteroatoms. The lowest BCUT2D eigenvalue weighted by atomic mass is 10.1. The van der Waals surface area contributed by atoms with E-state index in [1.54, 1.807) is 6.21 Å². The normalized spacial score (nSPS) is 10.7. The molecule has 1 aromatic carbocycles. The Balaban J connectivity index is 3.20. The van der Waals surface area contributed by atoms with Crippen molar-refractivity contribution in [2.45, 2.75) is 6.92 Å². The molecule has 0 spiro atoms. The molecule has 0 saturated heterocycles. The maximum atomic E-state index is 5.86. The topological polar surface area (TPSA) is 38.4 Å². The van der Waals surface area contributed by atoms with Crippen molar-refractivity contribution in [2.75, 3.05) is 0 Å². The van der Waals surface area contributed by atoms with Gasteiger partial charge in [-0.2, -0.15) is 5.10 Å². The smallest absolute Gasteiger partial charge is 0.0555 e. The van der Waals surface area contributed by atoms with Crippen LogP contribution in [0.1, 0.15) is 11.1 Å². The zero-order valence-corrected chi connectivity index (χ0v) is 6.97. The molecular formula is C8H9ClN2. The van der Waals surface area contributed by atoms with E-state index in [0.717, 1.165) is 11.1 Å². The molecule has 58 valence electrons. The quantitative estimate of drug-likeness (QED) is 0.389. The molecule has 2 nitrogen and oxygen atoms in total. The minimum Gasteiger partial charge on any atom is -0.323 e. The number of nitrogens with two attached hydrogens (primary N) is 1. The van der Waals surface area contributed by atoms with Crippen molar-refractivity contribution in [1.82, 2.24) is 0 Å². The SMILES string of the molecule is Cc1cccc(Cl)c1/C=N/N. The second-order valence-corrected chi connectivity index (χ2v) is 2.66. The number of halogens is 1. The first-order valence-corrected chi connectivity index (χ1v) is 3.62. The van der Waals surface area contributed by atoms with Crippen LogP contribution in [0.25, 0.3) is 0 Å². The van der Waals surface area contributed by atoms with E-state index in [1.807, 2.05) is 25.1 Å². The van der Waals surface area contributed by atoms with E-state index in [1.165, 1.54) is 0 Å². The molecule has 11 heavy (non-hydrogen) atoms. The first-order chi connectivity index (χ1) is 5.25. The number of rotatable bonds is 1. The molecule has 1 aromatic rings. The maximum Gasteiger partial charge on any atom is 0.0555 e. The van der Waals surface area contributed by atoms with E-state index >= 15 is 0 Å². The fraction of sp³-hybridized carbons (Fsp3) is 0.125. The summed E-state index contributed by atoms with van der Waals surface area (Å²) in [7, 11) is 0. The maximum absolute atomic E-state index is 5.86. The second-order valence-electron chi connectivity index (χ2n) is 2.25. The van der Waals surface area contributed by atoms with Gasteiger partial charge in [-0.15, -0.1) is 0 Å². The summed E-state index contributed by atoms with van der Waals surface area (Å²) in [6.45, 7) is 1.96. The Morgan fingerprint density at radius 2 is 2.27 bits per heavy atom. The number of hydrogen-bond acceptors (Lipinski definition) is 2. The fourth-order valence-corrected chi connectivity index (χ4v) is 1.15. The van der Waals surface area contributed by atoms with Crippen molar-refractivity contribution in [1.29, 1.82) is 0 Å². The van der Waals surface area contributed by atoms with Gasteiger partial charge in [-0.3, -0.25) is 0 Å². The molecular weight excluding hydrogens is 160 g/mol.